The molecule has 0 unspecified atom stereocenters. The molecule has 0 amide bonds. The molecule has 0 aliphatic carbocycles. The second-order valence-electron chi connectivity index (χ2n) is 4.26. The predicted octanol–water partition coefficient (Wildman–Crippen LogP) is 2.02. The molecule has 4 nitrogen and oxygen atoms in total. The van der Waals surface area contributed by atoms with E-state index in [2.05, 4.69) is 15.5 Å². The zero-order valence-corrected chi connectivity index (χ0v) is 10.1. The number of aromatic amines is 1. The number of H-pyrrole nitrogens is 1. The lowest BCUT2D eigenvalue weighted by Gasteiger charge is -2.07. The van der Waals surface area contributed by atoms with E-state index in [-0.39, 0.29) is 0 Å². The average molecular weight is 231 g/mol. The molecule has 4 heteroatoms. The summed E-state index contributed by atoms with van der Waals surface area (Å²) in [5, 5.41) is 19.8. The smallest absolute Gasteiger partial charge is 0.120 e. The van der Waals surface area contributed by atoms with Crippen molar-refractivity contribution >= 4 is 0 Å². The third-order valence-corrected chi connectivity index (χ3v) is 2.80. The molecular weight excluding hydrogens is 214 g/mol. The molecule has 17 heavy (non-hydrogen) atoms. The van der Waals surface area contributed by atoms with Crippen LogP contribution in [0.25, 0.3) is 0 Å². The fourth-order valence-electron chi connectivity index (χ4n) is 1.74. The fraction of sp³-hybridized carbons (Fsp3) is 0.308. The maximum Gasteiger partial charge on any atom is 0.120 e. The number of aryl methyl sites for hydroxylation is 2. The van der Waals surface area contributed by atoms with Gasteiger partial charge in [-0.3, -0.25) is 5.10 Å². The Morgan fingerprint density at radius 1 is 1.24 bits per heavy atom. The Hall–Kier alpha value is -1.81. The fourth-order valence-corrected chi connectivity index (χ4v) is 1.74. The Labute approximate surface area is 101 Å². The summed E-state index contributed by atoms with van der Waals surface area (Å²) in [6.45, 7) is 5.41. The Kier molecular flexibility index (Phi) is 3.44. The largest absolute Gasteiger partial charge is 0.508 e. The summed E-state index contributed by atoms with van der Waals surface area (Å²) in [5.41, 5.74) is 4.30. The summed E-state index contributed by atoms with van der Waals surface area (Å²) in [7, 11) is 0. The van der Waals surface area contributed by atoms with E-state index in [1.807, 2.05) is 32.2 Å². The van der Waals surface area contributed by atoms with Gasteiger partial charge in [-0.1, -0.05) is 17.7 Å². The molecular formula is C13H17N3O. The molecule has 90 valence electrons. The third kappa shape index (κ3) is 2.85. The lowest BCUT2D eigenvalue weighted by atomic mass is 10.1. The summed E-state index contributed by atoms with van der Waals surface area (Å²) in [5.74, 6) is 0.340. The zero-order chi connectivity index (χ0) is 12.3. The van der Waals surface area contributed by atoms with Gasteiger partial charge in [0, 0.05) is 29.9 Å². The molecule has 0 saturated heterocycles. The number of rotatable bonds is 4. The minimum Gasteiger partial charge on any atom is -0.508 e. The van der Waals surface area contributed by atoms with Gasteiger partial charge < -0.3 is 10.4 Å². The van der Waals surface area contributed by atoms with Gasteiger partial charge in [-0.15, -0.1) is 0 Å². The number of benzene rings is 1. The number of aromatic hydroxyl groups is 1. The van der Waals surface area contributed by atoms with Gasteiger partial charge in [0.2, 0.25) is 0 Å². The Morgan fingerprint density at radius 3 is 2.71 bits per heavy atom. The van der Waals surface area contributed by atoms with Gasteiger partial charge in [0.25, 0.3) is 0 Å². The first-order valence-corrected chi connectivity index (χ1v) is 5.65. The minimum absolute atomic E-state index is 0.340. The second kappa shape index (κ2) is 5.01. The summed E-state index contributed by atoms with van der Waals surface area (Å²) >= 11 is 0. The van der Waals surface area contributed by atoms with E-state index in [0.29, 0.717) is 12.3 Å². The number of nitrogens with one attached hydrogen (secondary N) is 2. The second-order valence-corrected chi connectivity index (χ2v) is 4.26. The van der Waals surface area contributed by atoms with Crippen LogP contribution >= 0.6 is 0 Å². The highest BCUT2D eigenvalue weighted by Crippen LogP contribution is 2.17. The summed E-state index contributed by atoms with van der Waals surface area (Å²) in [4.78, 5) is 0. The molecule has 1 heterocycles. The van der Waals surface area contributed by atoms with Crippen molar-refractivity contribution in [3.8, 4) is 5.75 Å². The molecule has 3 N–H and O–H groups in total. The molecule has 0 radical (unpaired) electrons. The number of hydrogen-bond donors (Lipinski definition) is 3. The maximum atomic E-state index is 9.69. The summed E-state index contributed by atoms with van der Waals surface area (Å²) < 4.78 is 0. The standard InChI is InChI=1S/C13H17N3O/c1-9-3-4-13(17)11(5-9)6-14-7-12-8-15-16-10(12)2/h3-5,8,14,17H,6-7H2,1-2H3,(H,15,16). The molecule has 0 aliphatic heterocycles. The first-order chi connectivity index (χ1) is 8.16. The molecule has 0 spiro atoms. The SMILES string of the molecule is Cc1ccc(O)c(CNCc2cn[nH]c2C)c1. The van der Waals surface area contributed by atoms with Crippen molar-refractivity contribution in [2.24, 2.45) is 0 Å². The van der Waals surface area contributed by atoms with Gasteiger partial charge in [0.05, 0.1) is 6.20 Å². The van der Waals surface area contributed by atoms with Crippen LogP contribution in [0.3, 0.4) is 0 Å². The highest BCUT2D eigenvalue weighted by molar-refractivity contribution is 5.35. The van der Waals surface area contributed by atoms with E-state index in [0.717, 1.165) is 28.9 Å². The topological polar surface area (TPSA) is 60.9 Å². The minimum atomic E-state index is 0.340. The van der Waals surface area contributed by atoms with Crippen LogP contribution in [0, 0.1) is 13.8 Å². The normalized spacial score (nSPS) is 10.7. The monoisotopic (exact) mass is 231 g/mol. The van der Waals surface area contributed by atoms with Crippen LogP contribution < -0.4 is 5.32 Å². The molecule has 0 bridgehead atoms. The van der Waals surface area contributed by atoms with Crippen molar-refractivity contribution < 1.29 is 5.11 Å². The van der Waals surface area contributed by atoms with Gasteiger partial charge in [-0.05, 0) is 19.9 Å². The van der Waals surface area contributed by atoms with Crippen molar-refractivity contribution in [3.05, 3.63) is 46.8 Å². The van der Waals surface area contributed by atoms with Crippen LogP contribution in [-0.2, 0) is 13.1 Å². The van der Waals surface area contributed by atoms with Crippen LogP contribution in [0.4, 0.5) is 0 Å². The van der Waals surface area contributed by atoms with E-state index in [9.17, 15) is 5.11 Å². The van der Waals surface area contributed by atoms with Gasteiger partial charge in [0.15, 0.2) is 0 Å². The van der Waals surface area contributed by atoms with Crippen LogP contribution in [0.1, 0.15) is 22.4 Å². The number of aromatic nitrogens is 2. The third-order valence-electron chi connectivity index (χ3n) is 2.80. The Morgan fingerprint density at radius 2 is 2.00 bits per heavy atom. The molecule has 2 aromatic rings. The summed E-state index contributed by atoms with van der Waals surface area (Å²) in [6, 6.07) is 5.62. The van der Waals surface area contributed by atoms with Crippen molar-refractivity contribution in [3.63, 3.8) is 0 Å². The summed E-state index contributed by atoms with van der Waals surface area (Å²) in [6.07, 6.45) is 1.82. The zero-order valence-electron chi connectivity index (χ0n) is 10.1. The molecule has 0 atom stereocenters. The average Bonchev–Trinajstić information content (AvgIpc) is 2.70. The number of hydrogen-bond acceptors (Lipinski definition) is 3. The van der Waals surface area contributed by atoms with E-state index in [1.165, 1.54) is 0 Å². The van der Waals surface area contributed by atoms with Crippen LogP contribution in [0.2, 0.25) is 0 Å². The van der Waals surface area contributed by atoms with Crippen molar-refractivity contribution in [2.75, 3.05) is 0 Å². The van der Waals surface area contributed by atoms with Gasteiger partial charge in [-0.2, -0.15) is 5.10 Å². The van der Waals surface area contributed by atoms with E-state index in [1.54, 1.807) is 6.07 Å². The quantitative estimate of drug-likeness (QED) is 0.754. The van der Waals surface area contributed by atoms with Crippen molar-refractivity contribution in [1.29, 1.82) is 0 Å². The van der Waals surface area contributed by atoms with Crippen molar-refractivity contribution in [1.82, 2.24) is 15.5 Å². The highest BCUT2D eigenvalue weighted by Gasteiger charge is 2.03. The van der Waals surface area contributed by atoms with Crippen molar-refractivity contribution in [2.45, 2.75) is 26.9 Å². The number of phenolic OH excluding ortho intramolecular Hbond substituents is 1. The molecule has 0 saturated carbocycles. The molecule has 1 aromatic carbocycles. The first kappa shape index (κ1) is 11.7. The van der Waals surface area contributed by atoms with Crippen LogP contribution in [0.5, 0.6) is 5.75 Å². The molecule has 0 fully saturated rings. The lowest BCUT2D eigenvalue weighted by Crippen LogP contribution is -2.13. The van der Waals surface area contributed by atoms with Gasteiger partial charge >= 0.3 is 0 Å². The highest BCUT2D eigenvalue weighted by atomic mass is 16.3. The van der Waals surface area contributed by atoms with Gasteiger partial charge in [-0.25, -0.2) is 0 Å². The molecule has 0 aliphatic rings. The molecule has 1 aromatic heterocycles. The van der Waals surface area contributed by atoms with E-state index < -0.39 is 0 Å². The van der Waals surface area contributed by atoms with E-state index >= 15 is 0 Å². The maximum absolute atomic E-state index is 9.69. The number of phenols is 1. The van der Waals surface area contributed by atoms with Gasteiger partial charge in [0.1, 0.15) is 5.75 Å². The lowest BCUT2D eigenvalue weighted by molar-refractivity contribution is 0.464. The molecule has 2 rings (SSSR count). The number of nitrogens with zero attached hydrogens (tertiary/aromatic N) is 1. The Balaban J connectivity index is 1.94. The van der Waals surface area contributed by atoms with Crippen LogP contribution in [-0.4, -0.2) is 15.3 Å². The van der Waals surface area contributed by atoms with E-state index in [4.69, 9.17) is 0 Å². The predicted molar refractivity (Wildman–Crippen MR) is 66.7 cm³/mol. The van der Waals surface area contributed by atoms with Crippen LogP contribution in [0.15, 0.2) is 24.4 Å². The Bertz CT molecular complexity index is 505. The first-order valence-electron chi connectivity index (χ1n) is 5.65.